The van der Waals surface area contributed by atoms with E-state index in [0.29, 0.717) is 5.56 Å². The fourth-order valence-electron chi connectivity index (χ4n) is 5.81. The lowest BCUT2D eigenvalue weighted by Crippen LogP contribution is -2.40. The quantitative estimate of drug-likeness (QED) is 0.209. The van der Waals surface area contributed by atoms with Crippen molar-refractivity contribution >= 4 is 11.8 Å². The van der Waals surface area contributed by atoms with E-state index >= 15 is 8.78 Å². The molecule has 2 aromatic carbocycles. The molecule has 2 aromatic heterocycles. The van der Waals surface area contributed by atoms with Crippen LogP contribution in [0.5, 0.6) is 0 Å². The Morgan fingerprint density at radius 3 is 2.50 bits per heavy atom. The van der Waals surface area contributed by atoms with Gasteiger partial charge in [0.05, 0.1) is 23.8 Å². The van der Waals surface area contributed by atoms with Crippen molar-refractivity contribution in [1.29, 1.82) is 0 Å². The van der Waals surface area contributed by atoms with Crippen LogP contribution in [0.1, 0.15) is 47.7 Å². The first-order chi connectivity index (χ1) is 21.7. The summed E-state index contributed by atoms with van der Waals surface area (Å²) in [4.78, 5) is 17.6. The number of nitrogens with zero attached hydrogens (tertiary/aromatic N) is 6. The minimum Gasteiger partial charge on any atom is -0.403 e. The van der Waals surface area contributed by atoms with Crippen molar-refractivity contribution in [2.75, 3.05) is 18.0 Å². The molecule has 0 spiro atoms. The van der Waals surface area contributed by atoms with Crippen molar-refractivity contribution in [3.8, 4) is 17.1 Å². The number of rotatable bonds is 6. The number of anilines is 1. The Bertz CT molecular complexity index is 1790. The number of allylic oxidation sites excluding steroid dienone is 1. The van der Waals surface area contributed by atoms with Gasteiger partial charge in [-0.3, -0.25) is 4.79 Å². The van der Waals surface area contributed by atoms with E-state index in [-0.39, 0.29) is 53.7 Å². The third kappa shape index (κ3) is 6.00. The van der Waals surface area contributed by atoms with Crippen LogP contribution in [-0.2, 0) is 23.1 Å². The lowest BCUT2D eigenvalue weighted by molar-refractivity contribution is -0.144. The zero-order chi connectivity index (χ0) is 33.0. The van der Waals surface area contributed by atoms with E-state index in [1.54, 1.807) is 12.1 Å². The first kappa shape index (κ1) is 31.4. The van der Waals surface area contributed by atoms with Gasteiger partial charge in [-0.2, -0.15) is 13.2 Å². The molecule has 46 heavy (non-hydrogen) atoms. The molecule has 1 saturated heterocycles. The van der Waals surface area contributed by atoms with Crippen LogP contribution in [0.3, 0.4) is 0 Å². The minimum absolute atomic E-state index is 0.0470. The molecule has 3 atom stereocenters. The van der Waals surface area contributed by atoms with E-state index in [1.807, 2.05) is 0 Å². The maximum atomic E-state index is 16.5. The molecule has 2 aliphatic rings. The number of halogens is 7. The van der Waals surface area contributed by atoms with Gasteiger partial charge in [-0.05, 0) is 53.3 Å². The Balaban J connectivity index is 1.37. The second-order valence-electron chi connectivity index (χ2n) is 11.5. The molecule has 0 bridgehead atoms. The summed E-state index contributed by atoms with van der Waals surface area (Å²) in [5.41, 5.74) is 4.47. The standard InChI is InChI=1S/C30H26F7N7O2/c1-2-28(32)13-23(38)24(45)10-17(9-16-3-5-18(6-4-16)44-15-39-26(42-44)30(35,36)37)19-11-20(22(31)12-21(19)28)25-40-41-27(46-25)43-8-7-29(33,34)14-43/h2-6,11-12,15,17,23H,1,7-10,13-14,38H2/t17?,23-,28?/m1/s1. The average molecular weight is 650 g/mol. The fraction of sp³-hybridized carbons (Fsp3) is 0.367. The van der Waals surface area contributed by atoms with Gasteiger partial charge in [-0.15, -0.1) is 10.2 Å². The highest BCUT2D eigenvalue weighted by Crippen LogP contribution is 2.44. The molecule has 16 heteroatoms. The van der Waals surface area contributed by atoms with Gasteiger partial charge in [-0.1, -0.05) is 29.9 Å². The number of Topliss-reactive ketones (excluding diaryl/α,β-unsaturated/α-hetero) is 1. The number of alkyl halides is 6. The van der Waals surface area contributed by atoms with Crippen LogP contribution < -0.4 is 10.6 Å². The molecular formula is C30H26F7N7O2. The van der Waals surface area contributed by atoms with Gasteiger partial charge in [0.25, 0.3) is 17.6 Å². The van der Waals surface area contributed by atoms with E-state index in [4.69, 9.17) is 10.2 Å². The van der Waals surface area contributed by atoms with Gasteiger partial charge in [0.15, 0.2) is 5.67 Å². The van der Waals surface area contributed by atoms with E-state index in [0.717, 1.165) is 23.2 Å². The Kier molecular flexibility index (Phi) is 7.73. The Hall–Kier alpha value is -4.60. The number of fused-ring (bicyclic) bond motifs is 1. The van der Waals surface area contributed by atoms with Crippen LogP contribution in [-0.4, -0.2) is 55.8 Å². The zero-order valence-corrected chi connectivity index (χ0v) is 23.9. The maximum Gasteiger partial charge on any atom is 0.453 e. The molecule has 1 fully saturated rings. The molecule has 0 radical (unpaired) electrons. The molecule has 1 aliphatic carbocycles. The van der Waals surface area contributed by atoms with Crippen molar-refractivity contribution in [3.63, 3.8) is 0 Å². The largest absolute Gasteiger partial charge is 0.453 e. The molecular weight excluding hydrogens is 623 g/mol. The van der Waals surface area contributed by atoms with Crippen LogP contribution >= 0.6 is 0 Å². The number of carbonyl (C=O) groups is 1. The van der Waals surface area contributed by atoms with Crippen molar-refractivity contribution in [1.82, 2.24) is 25.0 Å². The fourth-order valence-corrected chi connectivity index (χ4v) is 5.81. The van der Waals surface area contributed by atoms with Gasteiger partial charge < -0.3 is 15.1 Å². The van der Waals surface area contributed by atoms with Gasteiger partial charge in [0.1, 0.15) is 17.9 Å². The van der Waals surface area contributed by atoms with Gasteiger partial charge in [-0.25, -0.2) is 27.2 Å². The predicted octanol–water partition coefficient (Wildman–Crippen LogP) is 5.69. The van der Waals surface area contributed by atoms with E-state index in [9.17, 15) is 26.7 Å². The van der Waals surface area contributed by atoms with Crippen molar-refractivity contribution in [3.05, 3.63) is 83.7 Å². The summed E-state index contributed by atoms with van der Waals surface area (Å²) >= 11 is 0. The number of aromatic nitrogens is 5. The number of carbonyl (C=O) groups excluding carboxylic acids is 1. The van der Waals surface area contributed by atoms with Crippen LogP contribution in [0.25, 0.3) is 17.1 Å². The van der Waals surface area contributed by atoms with Gasteiger partial charge in [0, 0.05) is 25.8 Å². The normalized spacial score (nSPS) is 23.2. The minimum atomic E-state index is -4.72. The van der Waals surface area contributed by atoms with E-state index in [2.05, 4.69) is 26.9 Å². The lowest BCUT2D eigenvalue weighted by atomic mass is 9.74. The Morgan fingerprint density at radius 2 is 1.87 bits per heavy atom. The van der Waals surface area contributed by atoms with E-state index < -0.39 is 66.5 Å². The SMILES string of the molecule is C=CC1(F)C[C@@H](N)C(=O)CC(Cc2ccc(-n3cnc(C(F)(F)F)n3)cc2)c2cc(-c3nnc(N4CCC(F)(F)C4)o3)c(F)cc21. The van der Waals surface area contributed by atoms with Crippen molar-refractivity contribution in [2.45, 2.75) is 55.4 Å². The first-order valence-corrected chi connectivity index (χ1v) is 14.2. The number of nitrogens with two attached hydrogens (primary N) is 1. The van der Waals surface area contributed by atoms with Gasteiger partial charge in [0.2, 0.25) is 0 Å². The highest BCUT2D eigenvalue weighted by molar-refractivity contribution is 5.85. The summed E-state index contributed by atoms with van der Waals surface area (Å²) in [5.74, 6) is -6.70. The average Bonchev–Trinajstić information content (AvgIpc) is 3.76. The smallest absolute Gasteiger partial charge is 0.403 e. The maximum absolute atomic E-state index is 16.5. The summed E-state index contributed by atoms with van der Waals surface area (Å²) in [7, 11) is 0. The van der Waals surface area contributed by atoms with Gasteiger partial charge >= 0.3 is 12.2 Å². The summed E-state index contributed by atoms with van der Waals surface area (Å²) in [6.07, 6.45) is -3.75. The van der Waals surface area contributed by atoms with Crippen molar-refractivity contribution < 1.29 is 39.9 Å². The third-order valence-corrected chi connectivity index (χ3v) is 8.24. The molecule has 0 amide bonds. The molecule has 0 saturated carbocycles. The van der Waals surface area contributed by atoms with Crippen molar-refractivity contribution in [2.24, 2.45) is 5.73 Å². The molecule has 9 nitrogen and oxygen atoms in total. The van der Waals surface area contributed by atoms with Crippen LogP contribution in [0, 0.1) is 5.82 Å². The monoisotopic (exact) mass is 649 g/mol. The molecule has 2 unspecified atom stereocenters. The third-order valence-electron chi connectivity index (χ3n) is 8.24. The summed E-state index contributed by atoms with van der Waals surface area (Å²) in [6.45, 7) is 2.87. The Labute approximate surface area is 256 Å². The van der Waals surface area contributed by atoms with E-state index in [1.165, 1.54) is 23.1 Å². The second kappa shape index (κ2) is 11.3. The topological polar surface area (TPSA) is 116 Å². The molecule has 3 heterocycles. The highest BCUT2D eigenvalue weighted by atomic mass is 19.4. The van der Waals surface area contributed by atoms with Crippen LogP contribution in [0.15, 0.2) is 59.8 Å². The number of benzene rings is 2. The molecule has 6 rings (SSSR count). The number of hydrogen-bond donors (Lipinski definition) is 1. The number of ketones is 1. The summed E-state index contributed by atoms with van der Waals surface area (Å²) < 4.78 is 105. The molecule has 242 valence electrons. The zero-order valence-electron chi connectivity index (χ0n) is 23.9. The molecule has 4 aromatic rings. The number of hydrogen-bond acceptors (Lipinski definition) is 8. The Morgan fingerprint density at radius 1 is 1.13 bits per heavy atom. The predicted molar refractivity (Wildman–Crippen MR) is 149 cm³/mol. The summed E-state index contributed by atoms with van der Waals surface area (Å²) in [6, 6.07) is 7.03. The summed E-state index contributed by atoms with van der Waals surface area (Å²) in [5, 5.41) is 11.1. The highest BCUT2D eigenvalue weighted by Gasteiger charge is 2.42. The lowest BCUT2D eigenvalue weighted by Gasteiger charge is -2.33. The molecule has 1 aliphatic heterocycles. The first-order valence-electron chi connectivity index (χ1n) is 14.2. The van der Waals surface area contributed by atoms with Crippen LogP contribution in [0.2, 0.25) is 0 Å². The second-order valence-corrected chi connectivity index (χ2v) is 11.5. The molecule has 2 N–H and O–H groups in total. The van der Waals surface area contributed by atoms with Crippen LogP contribution in [0.4, 0.5) is 36.7 Å².